The molecule has 1 unspecified atom stereocenters. The molecule has 0 aliphatic carbocycles. The van der Waals surface area contributed by atoms with Gasteiger partial charge < -0.3 is 9.84 Å². The minimum atomic E-state index is 0.113. The normalized spacial score (nSPS) is 12.7. The second-order valence-electron chi connectivity index (χ2n) is 4.25. The van der Waals surface area contributed by atoms with Gasteiger partial charge in [0.25, 0.3) is 0 Å². The van der Waals surface area contributed by atoms with Gasteiger partial charge in [-0.1, -0.05) is 12.1 Å². The molecule has 0 saturated carbocycles. The summed E-state index contributed by atoms with van der Waals surface area (Å²) < 4.78 is 6.90. The number of hydrogen-bond acceptors (Lipinski definition) is 4. The number of aryl methyl sites for hydroxylation is 3. The van der Waals surface area contributed by atoms with Crippen molar-refractivity contribution in [1.29, 1.82) is 0 Å². The van der Waals surface area contributed by atoms with Crippen LogP contribution in [0.15, 0.2) is 16.8 Å². The Morgan fingerprint density at radius 1 is 1.53 bits per heavy atom. The Bertz CT molecular complexity index is 500. The van der Waals surface area contributed by atoms with Gasteiger partial charge in [-0.2, -0.15) is 5.10 Å². The lowest BCUT2D eigenvalue weighted by Gasteiger charge is -2.11. The highest BCUT2D eigenvalue weighted by molar-refractivity contribution is 5.47. The molecule has 0 radical (unpaired) electrons. The first kappa shape index (κ1) is 11.7. The third-order valence-electron chi connectivity index (χ3n) is 2.70. The molecule has 0 amide bonds. The molecule has 1 N–H and O–H groups in total. The molecule has 1 atom stereocenters. The third-order valence-corrected chi connectivity index (χ3v) is 2.70. The van der Waals surface area contributed by atoms with Gasteiger partial charge >= 0.3 is 0 Å². The zero-order chi connectivity index (χ0) is 12.4. The van der Waals surface area contributed by atoms with E-state index < -0.39 is 0 Å². The van der Waals surface area contributed by atoms with Crippen LogP contribution in [0.25, 0.3) is 0 Å². The van der Waals surface area contributed by atoms with Gasteiger partial charge in [0.15, 0.2) is 0 Å². The summed E-state index contributed by atoms with van der Waals surface area (Å²) in [5.41, 5.74) is 3.04. The standard InChI is InChI=1S/C12H18N4O/c1-5-10-12(7-16(4)14-10)13-9(3)11-6-8(2)17-15-11/h6-7,9,13H,5H2,1-4H3. The molecule has 0 aromatic carbocycles. The summed E-state index contributed by atoms with van der Waals surface area (Å²) in [7, 11) is 1.93. The number of rotatable bonds is 4. The average molecular weight is 234 g/mol. The average Bonchev–Trinajstić information content (AvgIpc) is 2.85. The van der Waals surface area contributed by atoms with E-state index in [4.69, 9.17) is 4.52 Å². The van der Waals surface area contributed by atoms with E-state index in [0.717, 1.165) is 29.3 Å². The smallest absolute Gasteiger partial charge is 0.134 e. The van der Waals surface area contributed by atoms with Gasteiger partial charge in [-0.3, -0.25) is 4.68 Å². The summed E-state index contributed by atoms with van der Waals surface area (Å²) in [5, 5.41) is 11.8. The van der Waals surface area contributed by atoms with Crippen molar-refractivity contribution < 1.29 is 4.52 Å². The van der Waals surface area contributed by atoms with Crippen molar-refractivity contribution >= 4 is 5.69 Å². The number of anilines is 1. The van der Waals surface area contributed by atoms with Crippen LogP contribution < -0.4 is 5.32 Å². The van der Waals surface area contributed by atoms with Crippen LogP contribution in [0, 0.1) is 6.92 Å². The summed E-state index contributed by atoms with van der Waals surface area (Å²) in [5.74, 6) is 0.829. The second kappa shape index (κ2) is 4.61. The second-order valence-corrected chi connectivity index (χ2v) is 4.25. The zero-order valence-electron chi connectivity index (χ0n) is 10.7. The topological polar surface area (TPSA) is 55.9 Å². The largest absolute Gasteiger partial charge is 0.374 e. The maximum atomic E-state index is 5.07. The minimum absolute atomic E-state index is 0.113. The highest BCUT2D eigenvalue weighted by atomic mass is 16.5. The Morgan fingerprint density at radius 2 is 2.29 bits per heavy atom. The molecule has 17 heavy (non-hydrogen) atoms. The van der Waals surface area contributed by atoms with Crippen LogP contribution in [-0.4, -0.2) is 14.9 Å². The summed E-state index contributed by atoms with van der Waals surface area (Å²) in [6, 6.07) is 2.06. The lowest BCUT2D eigenvalue weighted by Crippen LogP contribution is -2.07. The van der Waals surface area contributed by atoms with Gasteiger partial charge in [0.2, 0.25) is 0 Å². The van der Waals surface area contributed by atoms with Crippen LogP contribution in [0.3, 0.4) is 0 Å². The van der Waals surface area contributed by atoms with Crippen molar-refractivity contribution in [3.63, 3.8) is 0 Å². The number of aromatic nitrogens is 3. The summed E-state index contributed by atoms with van der Waals surface area (Å²) in [6.45, 7) is 6.05. The van der Waals surface area contributed by atoms with Crippen molar-refractivity contribution in [2.75, 3.05) is 5.32 Å². The molecule has 0 bridgehead atoms. The predicted molar refractivity (Wildman–Crippen MR) is 65.9 cm³/mol. The van der Waals surface area contributed by atoms with E-state index in [2.05, 4.69) is 29.4 Å². The number of nitrogens with one attached hydrogen (secondary N) is 1. The van der Waals surface area contributed by atoms with E-state index in [1.807, 2.05) is 30.9 Å². The SMILES string of the molecule is CCc1nn(C)cc1NC(C)c1cc(C)on1. The molecule has 92 valence electrons. The Hall–Kier alpha value is -1.78. The van der Waals surface area contributed by atoms with Gasteiger partial charge in [-0.05, 0) is 20.3 Å². The van der Waals surface area contributed by atoms with Gasteiger partial charge in [0, 0.05) is 19.3 Å². The molecule has 5 heteroatoms. The molecular formula is C12H18N4O. The lowest BCUT2D eigenvalue weighted by atomic mass is 10.2. The van der Waals surface area contributed by atoms with Gasteiger partial charge in [0.05, 0.1) is 17.4 Å². The molecule has 2 rings (SSSR count). The van der Waals surface area contributed by atoms with Crippen molar-refractivity contribution in [2.45, 2.75) is 33.2 Å². The zero-order valence-corrected chi connectivity index (χ0v) is 10.7. The van der Waals surface area contributed by atoms with Crippen LogP contribution in [0.2, 0.25) is 0 Å². The van der Waals surface area contributed by atoms with Crippen LogP contribution in [0.5, 0.6) is 0 Å². The fourth-order valence-electron chi connectivity index (χ4n) is 1.81. The Balaban J connectivity index is 2.14. The molecule has 0 fully saturated rings. The van der Waals surface area contributed by atoms with E-state index >= 15 is 0 Å². The quantitative estimate of drug-likeness (QED) is 0.882. The van der Waals surface area contributed by atoms with Gasteiger partial charge in [0.1, 0.15) is 11.5 Å². The maximum absolute atomic E-state index is 5.07. The van der Waals surface area contributed by atoms with E-state index in [9.17, 15) is 0 Å². The Morgan fingerprint density at radius 3 is 2.88 bits per heavy atom. The number of nitrogens with zero attached hydrogens (tertiary/aromatic N) is 3. The molecule has 0 aliphatic heterocycles. The first-order chi connectivity index (χ1) is 8.10. The lowest BCUT2D eigenvalue weighted by molar-refractivity contribution is 0.388. The summed E-state index contributed by atoms with van der Waals surface area (Å²) in [6.07, 6.45) is 2.90. The molecule has 0 spiro atoms. The van der Waals surface area contributed by atoms with E-state index in [0.29, 0.717) is 0 Å². The molecule has 0 saturated heterocycles. The Kier molecular flexibility index (Phi) is 3.17. The molecular weight excluding hydrogens is 216 g/mol. The first-order valence-corrected chi connectivity index (χ1v) is 5.82. The summed E-state index contributed by atoms with van der Waals surface area (Å²) >= 11 is 0. The van der Waals surface area contributed by atoms with E-state index in [-0.39, 0.29) is 6.04 Å². The summed E-state index contributed by atoms with van der Waals surface area (Å²) in [4.78, 5) is 0. The minimum Gasteiger partial charge on any atom is -0.374 e. The number of hydrogen-bond donors (Lipinski definition) is 1. The van der Waals surface area contributed by atoms with Crippen molar-refractivity contribution in [3.8, 4) is 0 Å². The molecule has 0 aliphatic rings. The molecule has 2 heterocycles. The van der Waals surface area contributed by atoms with Crippen molar-refractivity contribution in [3.05, 3.63) is 29.4 Å². The van der Waals surface area contributed by atoms with Gasteiger partial charge in [-0.15, -0.1) is 0 Å². The molecule has 2 aromatic heterocycles. The van der Waals surface area contributed by atoms with E-state index in [1.54, 1.807) is 0 Å². The monoisotopic (exact) mass is 234 g/mol. The molecule has 2 aromatic rings. The van der Waals surface area contributed by atoms with Crippen LogP contribution in [0.4, 0.5) is 5.69 Å². The first-order valence-electron chi connectivity index (χ1n) is 5.82. The third kappa shape index (κ3) is 2.49. The fraction of sp³-hybridized carbons (Fsp3) is 0.500. The fourth-order valence-corrected chi connectivity index (χ4v) is 1.81. The Labute approximate surface area is 101 Å². The van der Waals surface area contributed by atoms with E-state index in [1.165, 1.54) is 0 Å². The van der Waals surface area contributed by atoms with Crippen LogP contribution >= 0.6 is 0 Å². The van der Waals surface area contributed by atoms with Gasteiger partial charge in [-0.25, -0.2) is 0 Å². The highest BCUT2D eigenvalue weighted by Gasteiger charge is 2.13. The van der Waals surface area contributed by atoms with Crippen LogP contribution in [0.1, 0.15) is 37.0 Å². The highest BCUT2D eigenvalue weighted by Crippen LogP contribution is 2.21. The van der Waals surface area contributed by atoms with Crippen molar-refractivity contribution in [2.24, 2.45) is 7.05 Å². The van der Waals surface area contributed by atoms with Crippen LogP contribution in [-0.2, 0) is 13.5 Å². The maximum Gasteiger partial charge on any atom is 0.134 e. The predicted octanol–water partition coefficient (Wildman–Crippen LogP) is 2.45. The molecule has 5 nitrogen and oxygen atoms in total. The van der Waals surface area contributed by atoms with Crippen molar-refractivity contribution in [1.82, 2.24) is 14.9 Å².